The molecule has 0 saturated carbocycles. The fourth-order valence-electron chi connectivity index (χ4n) is 3.61. The van der Waals surface area contributed by atoms with Gasteiger partial charge in [0.2, 0.25) is 0 Å². The first-order chi connectivity index (χ1) is 14.2. The van der Waals surface area contributed by atoms with E-state index >= 15 is 0 Å². The Bertz CT molecular complexity index is 1160. The van der Waals surface area contributed by atoms with Crippen molar-refractivity contribution in [2.45, 2.75) is 53.1 Å². The number of aromatic nitrogens is 3. The minimum absolute atomic E-state index is 0.0422. The Morgan fingerprint density at radius 2 is 1.60 bits per heavy atom. The highest BCUT2D eigenvalue weighted by atomic mass is 16.5. The molecule has 4 rings (SSSR count). The summed E-state index contributed by atoms with van der Waals surface area (Å²) in [5.74, 6) is 0.879. The van der Waals surface area contributed by atoms with Gasteiger partial charge in [-0.05, 0) is 62.7 Å². The lowest BCUT2D eigenvalue weighted by molar-refractivity contribution is 0.242. The number of benzene rings is 1. The summed E-state index contributed by atoms with van der Waals surface area (Å²) in [6.07, 6.45) is 6.23. The predicted octanol–water partition coefficient (Wildman–Crippen LogP) is 6.46. The van der Waals surface area contributed by atoms with Crippen LogP contribution in [0.5, 0.6) is 5.75 Å². The molecule has 0 aliphatic rings. The molecule has 0 amide bonds. The van der Waals surface area contributed by atoms with Gasteiger partial charge in [-0.2, -0.15) is 0 Å². The van der Waals surface area contributed by atoms with E-state index in [1.54, 1.807) is 0 Å². The lowest BCUT2D eigenvalue weighted by Gasteiger charge is -2.18. The van der Waals surface area contributed by atoms with Crippen LogP contribution in [0, 0.1) is 6.92 Å². The second kappa shape index (κ2) is 7.60. The summed E-state index contributed by atoms with van der Waals surface area (Å²) < 4.78 is 7.92. The Hall–Kier alpha value is -3.14. The van der Waals surface area contributed by atoms with E-state index in [0.29, 0.717) is 0 Å². The highest BCUT2D eigenvalue weighted by Gasteiger charge is 2.16. The van der Waals surface area contributed by atoms with Gasteiger partial charge in [0.05, 0.1) is 18.0 Å². The Kier molecular flexibility index (Phi) is 5.10. The lowest BCUT2D eigenvalue weighted by atomic mass is 9.91. The SMILES string of the molecule is Cc1cc2ncc(-c3ccc(OC(C)C)cc3)n2cc1-c1ccc(C(C)(C)C)nc1. The van der Waals surface area contributed by atoms with Gasteiger partial charge in [0.1, 0.15) is 11.4 Å². The molecule has 1 aromatic carbocycles. The molecule has 3 aromatic heterocycles. The lowest BCUT2D eigenvalue weighted by Crippen LogP contribution is -2.12. The van der Waals surface area contributed by atoms with Crippen molar-refractivity contribution in [2.75, 3.05) is 0 Å². The molecule has 0 atom stereocenters. The molecule has 154 valence electrons. The zero-order valence-electron chi connectivity index (χ0n) is 18.6. The smallest absolute Gasteiger partial charge is 0.137 e. The van der Waals surface area contributed by atoms with Crippen molar-refractivity contribution in [3.05, 3.63) is 72.3 Å². The van der Waals surface area contributed by atoms with Crippen LogP contribution in [0.15, 0.2) is 61.1 Å². The third-order valence-corrected chi connectivity index (χ3v) is 5.22. The monoisotopic (exact) mass is 399 g/mol. The van der Waals surface area contributed by atoms with Gasteiger partial charge in [0.15, 0.2) is 0 Å². The van der Waals surface area contributed by atoms with E-state index in [-0.39, 0.29) is 11.5 Å². The molecule has 30 heavy (non-hydrogen) atoms. The van der Waals surface area contributed by atoms with Crippen molar-refractivity contribution in [1.82, 2.24) is 14.4 Å². The first kappa shape index (κ1) is 20.1. The molecular weight excluding hydrogens is 370 g/mol. The van der Waals surface area contributed by atoms with E-state index in [4.69, 9.17) is 9.72 Å². The highest BCUT2D eigenvalue weighted by molar-refractivity contribution is 5.72. The van der Waals surface area contributed by atoms with Gasteiger partial charge < -0.3 is 4.74 Å². The molecule has 4 heteroatoms. The van der Waals surface area contributed by atoms with Gasteiger partial charge in [-0.25, -0.2) is 4.98 Å². The van der Waals surface area contributed by atoms with Gasteiger partial charge in [0, 0.05) is 40.2 Å². The zero-order chi connectivity index (χ0) is 21.5. The highest BCUT2D eigenvalue weighted by Crippen LogP contribution is 2.30. The van der Waals surface area contributed by atoms with Crippen LogP contribution in [0.3, 0.4) is 0 Å². The summed E-state index contributed by atoms with van der Waals surface area (Å²) in [7, 11) is 0. The Morgan fingerprint density at radius 1 is 0.900 bits per heavy atom. The molecule has 0 N–H and O–H groups in total. The van der Waals surface area contributed by atoms with E-state index < -0.39 is 0 Å². The minimum Gasteiger partial charge on any atom is -0.491 e. The number of aryl methyl sites for hydroxylation is 1. The molecule has 0 fully saturated rings. The molecule has 0 aliphatic carbocycles. The molecule has 4 aromatic rings. The minimum atomic E-state index is 0.0422. The molecule has 4 nitrogen and oxygen atoms in total. The van der Waals surface area contributed by atoms with Crippen LogP contribution in [0.4, 0.5) is 0 Å². The number of ether oxygens (including phenoxy) is 1. The number of hydrogen-bond donors (Lipinski definition) is 0. The largest absolute Gasteiger partial charge is 0.491 e. The number of hydrogen-bond acceptors (Lipinski definition) is 3. The average Bonchev–Trinajstić information content (AvgIpc) is 3.09. The fourth-order valence-corrected chi connectivity index (χ4v) is 3.61. The maximum absolute atomic E-state index is 5.77. The van der Waals surface area contributed by atoms with Crippen molar-refractivity contribution < 1.29 is 4.74 Å². The van der Waals surface area contributed by atoms with Crippen LogP contribution >= 0.6 is 0 Å². The standard InChI is InChI=1S/C26H29N3O/c1-17(2)30-21-10-7-19(8-11-21)23-15-28-25-13-18(3)22(16-29(23)25)20-9-12-24(27-14-20)26(4,5)6/h7-17H,1-6H3. The topological polar surface area (TPSA) is 39.4 Å². The molecule has 0 radical (unpaired) electrons. The predicted molar refractivity (Wildman–Crippen MR) is 123 cm³/mol. The second-order valence-corrected chi connectivity index (χ2v) is 9.11. The normalized spacial score (nSPS) is 12.0. The van der Waals surface area contributed by atoms with Gasteiger partial charge in [-0.1, -0.05) is 26.8 Å². The molecule has 0 saturated heterocycles. The Balaban J connectivity index is 1.74. The maximum atomic E-state index is 5.77. The number of nitrogens with zero attached hydrogens (tertiary/aromatic N) is 3. The second-order valence-electron chi connectivity index (χ2n) is 9.11. The molecular formula is C26H29N3O. The first-order valence-electron chi connectivity index (χ1n) is 10.4. The Morgan fingerprint density at radius 3 is 2.20 bits per heavy atom. The summed E-state index contributed by atoms with van der Waals surface area (Å²) in [6.45, 7) is 12.7. The van der Waals surface area contributed by atoms with E-state index in [2.05, 4.69) is 73.6 Å². The Labute approximate surface area is 178 Å². The zero-order valence-corrected chi connectivity index (χ0v) is 18.6. The summed E-state index contributed by atoms with van der Waals surface area (Å²) in [4.78, 5) is 9.33. The van der Waals surface area contributed by atoms with E-state index in [9.17, 15) is 0 Å². The van der Waals surface area contributed by atoms with Crippen molar-refractivity contribution in [2.24, 2.45) is 0 Å². The van der Waals surface area contributed by atoms with Gasteiger partial charge >= 0.3 is 0 Å². The molecule has 3 heterocycles. The molecule has 0 spiro atoms. The molecule has 0 bridgehead atoms. The van der Waals surface area contributed by atoms with Gasteiger partial charge in [-0.15, -0.1) is 0 Å². The maximum Gasteiger partial charge on any atom is 0.137 e. The first-order valence-corrected chi connectivity index (χ1v) is 10.4. The van der Waals surface area contributed by atoms with Crippen molar-refractivity contribution in [3.8, 4) is 28.1 Å². The van der Waals surface area contributed by atoms with Gasteiger partial charge in [0.25, 0.3) is 0 Å². The quantitative estimate of drug-likeness (QED) is 0.395. The summed E-state index contributed by atoms with van der Waals surface area (Å²) >= 11 is 0. The van der Waals surface area contributed by atoms with Crippen LogP contribution in [0.1, 0.15) is 45.9 Å². The molecule has 0 aliphatic heterocycles. The van der Waals surface area contributed by atoms with Crippen LogP contribution in [0.25, 0.3) is 28.0 Å². The number of rotatable bonds is 4. The third kappa shape index (κ3) is 3.95. The van der Waals surface area contributed by atoms with Crippen LogP contribution in [0.2, 0.25) is 0 Å². The average molecular weight is 400 g/mol. The number of fused-ring (bicyclic) bond motifs is 1. The van der Waals surface area contributed by atoms with Crippen LogP contribution < -0.4 is 4.74 Å². The van der Waals surface area contributed by atoms with Crippen LogP contribution in [-0.2, 0) is 5.41 Å². The fraction of sp³-hybridized carbons (Fsp3) is 0.308. The van der Waals surface area contributed by atoms with Crippen molar-refractivity contribution >= 4 is 5.65 Å². The van der Waals surface area contributed by atoms with Gasteiger partial charge in [-0.3, -0.25) is 9.38 Å². The van der Waals surface area contributed by atoms with Crippen LogP contribution in [-0.4, -0.2) is 20.5 Å². The third-order valence-electron chi connectivity index (χ3n) is 5.22. The number of pyridine rings is 2. The van der Waals surface area contributed by atoms with Crippen molar-refractivity contribution in [3.63, 3.8) is 0 Å². The van der Waals surface area contributed by atoms with Crippen molar-refractivity contribution in [1.29, 1.82) is 0 Å². The molecule has 0 unspecified atom stereocenters. The number of imidazole rings is 1. The van der Waals surface area contributed by atoms with E-state index in [1.807, 2.05) is 38.4 Å². The van der Waals surface area contributed by atoms with E-state index in [0.717, 1.165) is 39.5 Å². The summed E-state index contributed by atoms with van der Waals surface area (Å²) in [6, 6.07) is 14.6. The summed E-state index contributed by atoms with van der Waals surface area (Å²) in [5.41, 5.74) is 7.70. The summed E-state index contributed by atoms with van der Waals surface area (Å²) in [5, 5.41) is 0. The van der Waals surface area contributed by atoms with E-state index in [1.165, 1.54) is 5.56 Å².